The van der Waals surface area contributed by atoms with Gasteiger partial charge in [-0.25, -0.2) is 0 Å². The second-order valence-electron chi connectivity index (χ2n) is 8.63. The van der Waals surface area contributed by atoms with Crippen molar-refractivity contribution in [2.24, 2.45) is 0 Å². The number of benzene rings is 2. The van der Waals surface area contributed by atoms with Gasteiger partial charge in [-0.05, 0) is 34.3 Å². The predicted octanol–water partition coefficient (Wildman–Crippen LogP) is 6.24. The highest BCUT2D eigenvalue weighted by Gasteiger charge is 2.51. The Bertz CT molecular complexity index is 728. The summed E-state index contributed by atoms with van der Waals surface area (Å²) in [6.07, 6.45) is 4.68. The van der Waals surface area contributed by atoms with Crippen LogP contribution in [0, 0.1) is 0 Å². The molecular formula is C26H36OSi. The Balaban J connectivity index is 2.64. The standard InChI is InChI=1S/C26H36OSi/c1-7-9-12-21-25(22(3)8-2)27-28(26(4,5)6,23-17-13-10-14-18-23)24-19-15-11-16-20-24/h10-11,13-20,25H,2,7,9,12,21H2,1,3-6H3. The van der Waals surface area contributed by atoms with Gasteiger partial charge in [-0.15, -0.1) is 5.73 Å². The van der Waals surface area contributed by atoms with Gasteiger partial charge in [0.05, 0.1) is 6.10 Å². The molecule has 1 atom stereocenters. The lowest BCUT2D eigenvalue weighted by molar-refractivity contribution is 0.207. The molecule has 0 aliphatic carbocycles. The Morgan fingerprint density at radius 1 is 0.964 bits per heavy atom. The average molecular weight is 393 g/mol. The lowest BCUT2D eigenvalue weighted by Crippen LogP contribution is -2.67. The van der Waals surface area contributed by atoms with E-state index in [-0.39, 0.29) is 11.1 Å². The lowest BCUT2D eigenvalue weighted by Gasteiger charge is -2.45. The van der Waals surface area contributed by atoms with E-state index in [1.54, 1.807) is 0 Å². The maximum atomic E-state index is 7.27. The van der Waals surface area contributed by atoms with Crippen LogP contribution in [0.4, 0.5) is 0 Å². The van der Waals surface area contributed by atoms with Gasteiger partial charge in [0.15, 0.2) is 0 Å². The molecule has 0 saturated heterocycles. The molecule has 0 aliphatic heterocycles. The average Bonchev–Trinajstić information content (AvgIpc) is 2.70. The molecule has 2 rings (SSSR count). The lowest BCUT2D eigenvalue weighted by atomic mass is 10.1. The summed E-state index contributed by atoms with van der Waals surface area (Å²) < 4.78 is 7.27. The summed E-state index contributed by atoms with van der Waals surface area (Å²) in [6.45, 7) is 15.3. The molecule has 0 heterocycles. The highest BCUT2D eigenvalue weighted by molar-refractivity contribution is 6.99. The molecule has 1 nitrogen and oxygen atoms in total. The van der Waals surface area contributed by atoms with Gasteiger partial charge >= 0.3 is 0 Å². The third-order valence-corrected chi connectivity index (χ3v) is 10.6. The van der Waals surface area contributed by atoms with E-state index in [1.165, 1.54) is 29.6 Å². The summed E-state index contributed by atoms with van der Waals surface area (Å²) in [4.78, 5) is 0. The molecular weight excluding hydrogens is 356 g/mol. The Kier molecular flexibility index (Phi) is 8.06. The van der Waals surface area contributed by atoms with Crippen molar-refractivity contribution in [3.8, 4) is 0 Å². The highest BCUT2D eigenvalue weighted by atomic mass is 28.4. The van der Waals surface area contributed by atoms with E-state index in [2.05, 4.69) is 108 Å². The molecule has 2 aromatic rings. The van der Waals surface area contributed by atoms with Crippen molar-refractivity contribution in [3.63, 3.8) is 0 Å². The zero-order valence-corrected chi connectivity index (χ0v) is 19.3. The topological polar surface area (TPSA) is 9.23 Å². The van der Waals surface area contributed by atoms with Gasteiger partial charge < -0.3 is 4.43 Å². The second-order valence-corrected chi connectivity index (χ2v) is 12.9. The summed E-state index contributed by atoms with van der Waals surface area (Å²) >= 11 is 0. The van der Waals surface area contributed by atoms with Crippen molar-refractivity contribution in [2.45, 2.75) is 71.4 Å². The zero-order valence-electron chi connectivity index (χ0n) is 18.3. The van der Waals surface area contributed by atoms with Gasteiger partial charge in [0.1, 0.15) is 0 Å². The van der Waals surface area contributed by atoms with Crippen LogP contribution in [-0.4, -0.2) is 14.4 Å². The quantitative estimate of drug-likeness (QED) is 0.279. The first-order valence-electron chi connectivity index (χ1n) is 10.5. The molecule has 2 aromatic carbocycles. The predicted molar refractivity (Wildman–Crippen MR) is 125 cm³/mol. The third-order valence-electron chi connectivity index (χ3n) is 5.57. The fraction of sp³-hybridized carbons (Fsp3) is 0.423. The third kappa shape index (κ3) is 4.94. The molecule has 0 amide bonds. The fourth-order valence-corrected chi connectivity index (χ4v) is 8.70. The molecule has 0 fully saturated rings. The largest absolute Gasteiger partial charge is 0.400 e. The monoisotopic (exact) mass is 392 g/mol. The van der Waals surface area contributed by atoms with Gasteiger partial charge in [-0.2, -0.15) is 0 Å². The van der Waals surface area contributed by atoms with E-state index in [0.29, 0.717) is 0 Å². The number of rotatable bonds is 9. The number of unbranched alkanes of at least 4 members (excludes halogenated alkanes) is 2. The molecule has 0 spiro atoms. The van der Waals surface area contributed by atoms with Crippen molar-refractivity contribution in [1.29, 1.82) is 0 Å². The molecule has 150 valence electrons. The zero-order chi connectivity index (χ0) is 20.6. The summed E-state index contributed by atoms with van der Waals surface area (Å²) in [5, 5.41) is 2.64. The van der Waals surface area contributed by atoms with Gasteiger partial charge in [0.25, 0.3) is 8.32 Å². The van der Waals surface area contributed by atoms with E-state index >= 15 is 0 Å². The van der Waals surface area contributed by atoms with Crippen molar-refractivity contribution in [1.82, 2.24) is 0 Å². The number of hydrogen-bond acceptors (Lipinski definition) is 1. The van der Waals surface area contributed by atoms with Crippen LogP contribution in [0.1, 0.15) is 60.3 Å². The van der Waals surface area contributed by atoms with Crippen LogP contribution in [0.15, 0.2) is 78.5 Å². The minimum atomic E-state index is -2.54. The fourth-order valence-electron chi connectivity index (χ4n) is 3.96. The SMILES string of the molecule is C=C=C(C)C(CCCCC)O[Si](c1ccccc1)(c1ccccc1)C(C)(C)C. The van der Waals surface area contributed by atoms with Crippen molar-refractivity contribution in [2.75, 3.05) is 0 Å². The minimum Gasteiger partial charge on any atom is -0.400 e. The second kappa shape index (κ2) is 10.1. The van der Waals surface area contributed by atoms with Crippen LogP contribution in [0.5, 0.6) is 0 Å². The molecule has 0 N–H and O–H groups in total. The van der Waals surface area contributed by atoms with Crippen LogP contribution in [0.2, 0.25) is 5.04 Å². The molecule has 28 heavy (non-hydrogen) atoms. The molecule has 2 heteroatoms. The first kappa shape index (κ1) is 22.4. The molecule has 0 aromatic heterocycles. The van der Waals surface area contributed by atoms with Crippen molar-refractivity contribution >= 4 is 18.7 Å². The maximum Gasteiger partial charge on any atom is 0.261 e. The maximum absolute atomic E-state index is 7.27. The molecule has 0 aliphatic rings. The van der Waals surface area contributed by atoms with Crippen LogP contribution >= 0.6 is 0 Å². The Labute approximate surface area is 173 Å². The Morgan fingerprint density at radius 2 is 1.46 bits per heavy atom. The van der Waals surface area contributed by atoms with Gasteiger partial charge in [-0.1, -0.05) is 114 Å². The van der Waals surface area contributed by atoms with E-state index < -0.39 is 8.32 Å². The normalized spacial score (nSPS) is 13.0. The molecule has 1 unspecified atom stereocenters. The first-order valence-corrected chi connectivity index (χ1v) is 12.4. The van der Waals surface area contributed by atoms with Gasteiger partial charge in [0.2, 0.25) is 0 Å². The first-order chi connectivity index (χ1) is 13.4. The Hall–Kier alpha value is -1.86. The molecule has 0 radical (unpaired) electrons. The summed E-state index contributed by atoms with van der Waals surface area (Å²) in [5.74, 6) is 0. The van der Waals surface area contributed by atoms with Crippen LogP contribution in [0.3, 0.4) is 0 Å². The van der Waals surface area contributed by atoms with E-state index in [0.717, 1.165) is 12.0 Å². The smallest absolute Gasteiger partial charge is 0.261 e. The van der Waals surface area contributed by atoms with Gasteiger partial charge in [0, 0.05) is 0 Å². The summed E-state index contributed by atoms with van der Waals surface area (Å²) in [5.41, 5.74) is 4.25. The molecule has 0 bridgehead atoms. The highest BCUT2D eigenvalue weighted by Crippen LogP contribution is 2.38. The van der Waals surface area contributed by atoms with E-state index in [9.17, 15) is 0 Å². The van der Waals surface area contributed by atoms with E-state index in [1.807, 2.05) is 0 Å². The number of hydrogen-bond donors (Lipinski definition) is 0. The minimum absolute atomic E-state index is 0.0137. The van der Waals surface area contributed by atoms with Crippen molar-refractivity contribution in [3.05, 3.63) is 78.5 Å². The van der Waals surface area contributed by atoms with Crippen molar-refractivity contribution < 1.29 is 4.43 Å². The van der Waals surface area contributed by atoms with Gasteiger partial charge in [-0.3, -0.25) is 0 Å². The summed E-state index contributed by atoms with van der Waals surface area (Å²) in [7, 11) is -2.54. The van der Waals surface area contributed by atoms with E-state index in [4.69, 9.17) is 4.43 Å². The van der Waals surface area contributed by atoms with Crippen LogP contribution < -0.4 is 10.4 Å². The van der Waals surface area contributed by atoms with Crippen LogP contribution in [-0.2, 0) is 4.43 Å². The Morgan fingerprint density at radius 3 is 1.86 bits per heavy atom. The summed E-state index contributed by atoms with van der Waals surface area (Å²) in [6, 6.07) is 21.7. The van der Waals surface area contributed by atoms with Crippen LogP contribution in [0.25, 0.3) is 0 Å². The molecule has 0 saturated carbocycles.